The molecule has 1 N–H and O–H groups in total. The van der Waals surface area contributed by atoms with Gasteiger partial charge in [-0.05, 0) is 25.0 Å². The van der Waals surface area contributed by atoms with Crippen LogP contribution in [0.2, 0.25) is 0 Å². The zero-order chi connectivity index (χ0) is 19.5. The number of benzene rings is 2. The number of aromatic nitrogens is 3. The van der Waals surface area contributed by atoms with Gasteiger partial charge in [-0.1, -0.05) is 47.6 Å². The number of nitrogens with one attached hydrogen (secondary N) is 1. The molecule has 1 aliphatic rings. The van der Waals surface area contributed by atoms with Gasteiger partial charge in [0.2, 0.25) is 11.7 Å². The SMILES string of the molecule is c1ccc(-c2noc(CCC[NH+]3CCC[C@@H](c4nc5ccccc5s4)C3)n2)cc1. The van der Waals surface area contributed by atoms with Crippen molar-refractivity contribution < 1.29 is 9.42 Å². The van der Waals surface area contributed by atoms with Crippen LogP contribution in [0.1, 0.15) is 36.1 Å². The first-order chi connectivity index (χ1) is 14.3. The van der Waals surface area contributed by atoms with E-state index in [9.17, 15) is 0 Å². The van der Waals surface area contributed by atoms with E-state index in [1.54, 1.807) is 4.90 Å². The highest BCUT2D eigenvalue weighted by Crippen LogP contribution is 2.30. The molecule has 1 saturated heterocycles. The number of para-hydroxylation sites is 1. The fourth-order valence-corrected chi connectivity index (χ4v) is 5.31. The van der Waals surface area contributed by atoms with Gasteiger partial charge in [0.25, 0.3) is 0 Å². The van der Waals surface area contributed by atoms with Crippen molar-refractivity contribution in [2.24, 2.45) is 0 Å². The van der Waals surface area contributed by atoms with Crippen molar-refractivity contribution in [3.05, 3.63) is 65.5 Å². The van der Waals surface area contributed by atoms with Gasteiger partial charge < -0.3 is 9.42 Å². The highest BCUT2D eigenvalue weighted by Gasteiger charge is 2.26. The molecule has 1 fully saturated rings. The smallest absolute Gasteiger partial charge is 0.227 e. The third-order valence-electron chi connectivity index (χ3n) is 5.70. The Morgan fingerprint density at radius 3 is 2.79 bits per heavy atom. The summed E-state index contributed by atoms with van der Waals surface area (Å²) in [6, 6.07) is 18.5. The lowest BCUT2D eigenvalue weighted by molar-refractivity contribution is -0.906. The minimum absolute atomic E-state index is 0.587. The van der Waals surface area contributed by atoms with Gasteiger partial charge in [0.1, 0.15) is 5.01 Å². The Hall–Kier alpha value is -2.57. The van der Waals surface area contributed by atoms with Crippen LogP contribution in [0.4, 0.5) is 0 Å². The van der Waals surface area contributed by atoms with Gasteiger partial charge in [0.15, 0.2) is 0 Å². The molecule has 3 heterocycles. The average Bonchev–Trinajstić information content (AvgIpc) is 3.42. The molecule has 5 nitrogen and oxygen atoms in total. The van der Waals surface area contributed by atoms with Crippen molar-refractivity contribution in [2.45, 2.75) is 31.6 Å². The topological polar surface area (TPSA) is 56.2 Å². The standard InChI is InChI=1S/C23H24N4OS/c1-2-8-17(9-3-1)22-25-21(28-26-22)13-7-15-27-14-6-10-18(16-27)23-24-19-11-4-5-12-20(19)29-23/h1-5,8-9,11-12,18H,6-7,10,13-16H2/p+1/t18-/m1/s1. The Morgan fingerprint density at radius 1 is 1.03 bits per heavy atom. The van der Waals surface area contributed by atoms with Crippen LogP contribution in [0.5, 0.6) is 0 Å². The van der Waals surface area contributed by atoms with Crippen molar-refractivity contribution in [1.82, 2.24) is 15.1 Å². The van der Waals surface area contributed by atoms with E-state index in [1.165, 1.54) is 35.6 Å². The molecule has 2 aromatic carbocycles. The zero-order valence-electron chi connectivity index (χ0n) is 16.4. The summed E-state index contributed by atoms with van der Waals surface area (Å²) in [5.74, 6) is 2.01. The van der Waals surface area contributed by atoms with Crippen molar-refractivity contribution >= 4 is 21.6 Å². The second-order valence-corrected chi connectivity index (χ2v) is 8.86. The number of thiazole rings is 1. The normalized spacial score (nSPS) is 19.6. The maximum Gasteiger partial charge on any atom is 0.227 e. The number of aryl methyl sites for hydroxylation is 1. The Bertz CT molecular complexity index is 1040. The van der Waals surface area contributed by atoms with Crippen molar-refractivity contribution in [2.75, 3.05) is 19.6 Å². The number of piperidine rings is 1. The van der Waals surface area contributed by atoms with Gasteiger partial charge in [-0.2, -0.15) is 4.98 Å². The van der Waals surface area contributed by atoms with Crippen LogP contribution >= 0.6 is 11.3 Å². The van der Waals surface area contributed by atoms with Crippen LogP contribution in [0, 0.1) is 0 Å². The third-order valence-corrected chi connectivity index (χ3v) is 6.90. The lowest BCUT2D eigenvalue weighted by Gasteiger charge is -2.28. The number of hydrogen-bond acceptors (Lipinski definition) is 5. The van der Waals surface area contributed by atoms with Crippen molar-refractivity contribution in [3.63, 3.8) is 0 Å². The summed E-state index contributed by atoms with van der Waals surface area (Å²) >= 11 is 1.87. The maximum absolute atomic E-state index is 5.45. The van der Waals surface area contributed by atoms with Crippen LogP contribution in [0.3, 0.4) is 0 Å². The molecule has 0 aliphatic carbocycles. The number of quaternary nitrogens is 1. The predicted octanol–water partition coefficient (Wildman–Crippen LogP) is 3.74. The first-order valence-corrected chi connectivity index (χ1v) is 11.2. The van der Waals surface area contributed by atoms with E-state index in [1.807, 2.05) is 41.7 Å². The van der Waals surface area contributed by atoms with Crippen LogP contribution in [0.15, 0.2) is 59.1 Å². The monoisotopic (exact) mass is 405 g/mol. The molecule has 0 bridgehead atoms. The van der Waals surface area contributed by atoms with Crippen LogP contribution < -0.4 is 4.90 Å². The van der Waals surface area contributed by atoms with E-state index in [0.717, 1.165) is 36.4 Å². The number of rotatable bonds is 6. The summed E-state index contributed by atoms with van der Waals surface area (Å²) in [5, 5.41) is 5.44. The molecule has 0 saturated carbocycles. The Morgan fingerprint density at radius 2 is 1.90 bits per heavy atom. The minimum atomic E-state index is 0.587. The summed E-state index contributed by atoms with van der Waals surface area (Å²) in [6.07, 6.45) is 4.44. The quantitative estimate of drug-likeness (QED) is 0.531. The fourth-order valence-electron chi connectivity index (χ4n) is 4.20. The molecule has 6 heteroatoms. The molecule has 2 aromatic heterocycles. The Balaban J connectivity index is 1.16. The molecular formula is C23H25N4OS+. The molecule has 148 valence electrons. The average molecular weight is 406 g/mol. The number of nitrogens with zero attached hydrogens (tertiary/aromatic N) is 3. The first kappa shape index (κ1) is 18.5. The molecule has 2 atom stereocenters. The number of hydrogen-bond donors (Lipinski definition) is 1. The third kappa shape index (κ3) is 4.23. The van der Waals surface area contributed by atoms with Gasteiger partial charge >= 0.3 is 0 Å². The van der Waals surface area contributed by atoms with E-state index in [4.69, 9.17) is 9.51 Å². The summed E-state index contributed by atoms with van der Waals surface area (Å²) in [7, 11) is 0. The van der Waals surface area contributed by atoms with Crippen molar-refractivity contribution in [3.8, 4) is 11.4 Å². The van der Waals surface area contributed by atoms with E-state index in [0.29, 0.717) is 11.7 Å². The molecule has 1 aliphatic heterocycles. The molecule has 29 heavy (non-hydrogen) atoms. The first-order valence-electron chi connectivity index (χ1n) is 10.4. The van der Waals surface area contributed by atoms with Gasteiger partial charge in [-0.3, -0.25) is 0 Å². The highest BCUT2D eigenvalue weighted by molar-refractivity contribution is 7.18. The second kappa shape index (κ2) is 8.43. The lowest BCUT2D eigenvalue weighted by atomic mass is 9.98. The van der Waals surface area contributed by atoms with Crippen LogP contribution in [-0.2, 0) is 6.42 Å². The maximum atomic E-state index is 5.45. The molecule has 5 rings (SSSR count). The molecule has 1 unspecified atom stereocenters. The molecule has 0 amide bonds. The molecule has 0 spiro atoms. The van der Waals surface area contributed by atoms with Gasteiger partial charge in [-0.15, -0.1) is 11.3 Å². The summed E-state index contributed by atoms with van der Waals surface area (Å²) < 4.78 is 6.76. The van der Waals surface area contributed by atoms with E-state index < -0.39 is 0 Å². The summed E-state index contributed by atoms with van der Waals surface area (Å²) in [5.41, 5.74) is 2.15. The minimum Gasteiger partial charge on any atom is -0.339 e. The predicted molar refractivity (Wildman–Crippen MR) is 115 cm³/mol. The largest absolute Gasteiger partial charge is 0.339 e. The van der Waals surface area contributed by atoms with Crippen LogP contribution in [0.25, 0.3) is 21.6 Å². The van der Waals surface area contributed by atoms with Crippen LogP contribution in [-0.4, -0.2) is 34.8 Å². The Kier molecular flexibility index (Phi) is 5.37. The van der Waals surface area contributed by atoms with Gasteiger partial charge in [-0.25, -0.2) is 4.98 Å². The van der Waals surface area contributed by atoms with Gasteiger partial charge in [0, 0.05) is 18.4 Å². The van der Waals surface area contributed by atoms with E-state index >= 15 is 0 Å². The molecular weight excluding hydrogens is 380 g/mol. The van der Waals surface area contributed by atoms with E-state index in [2.05, 4.69) is 34.4 Å². The lowest BCUT2D eigenvalue weighted by Crippen LogP contribution is -3.13. The molecule has 0 radical (unpaired) electrons. The zero-order valence-corrected chi connectivity index (χ0v) is 17.2. The fraction of sp³-hybridized carbons (Fsp3) is 0.348. The second-order valence-electron chi connectivity index (χ2n) is 7.79. The summed E-state index contributed by atoms with van der Waals surface area (Å²) in [6.45, 7) is 3.57. The van der Waals surface area contributed by atoms with E-state index in [-0.39, 0.29) is 0 Å². The highest BCUT2D eigenvalue weighted by atomic mass is 32.1. The number of likely N-dealkylation sites (tertiary alicyclic amines) is 1. The number of fused-ring (bicyclic) bond motifs is 1. The summed E-state index contributed by atoms with van der Waals surface area (Å²) in [4.78, 5) is 11.1. The van der Waals surface area contributed by atoms with Crippen molar-refractivity contribution in [1.29, 1.82) is 0 Å². The molecule has 4 aromatic rings. The van der Waals surface area contributed by atoms with Gasteiger partial charge in [0.05, 0.1) is 35.8 Å². The Labute approximate surface area is 174 Å².